The molecule has 0 saturated carbocycles. The molecule has 4 rings (SSSR count). The lowest BCUT2D eigenvalue weighted by molar-refractivity contribution is 0.0240. The lowest BCUT2D eigenvalue weighted by Gasteiger charge is -2.36. The predicted molar refractivity (Wildman–Crippen MR) is 136 cm³/mol. The Morgan fingerprint density at radius 3 is 2.39 bits per heavy atom. The van der Waals surface area contributed by atoms with E-state index in [1.54, 1.807) is 11.8 Å². The zero-order valence-electron chi connectivity index (χ0n) is 20.8. The monoisotopic (exact) mass is 519 g/mol. The van der Waals surface area contributed by atoms with Crippen molar-refractivity contribution >= 4 is 40.1 Å². The maximum absolute atomic E-state index is 16.0. The third-order valence-corrected chi connectivity index (χ3v) is 6.40. The second-order valence-corrected chi connectivity index (χ2v) is 9.93. The number of nitrogens with two attached hydrogens (primary N) is 1. The average Bonchev–Trinajstić information content (AvgIpc) is 2.82. The van der Waals surface area contributed by atoms with Gasteiger partial charge in [0, 0.05) is 43.0 Å². The number of benzene rings is 2. The van der Waals surface area contributed by atoms with Crippen LogP contribution in [0.2, 0.25) is 5.02 Å². The van der Waals surface area contributed by atoms with Gasteiger partial charge in [-0.2, -0.15) is 0 Å². The topological polar surface area (TPSA) is 93.8 Å². The summed E-state index contributed by atoms with van der Waals surface area (Å²) < 4.78 is 41.9. The molecule has 3 aromatic rings. The normalized spacial score (nSPS) is 14.3. The van der Waals surface area contributed by atoms with Gasteiger partial charge in [-0.05, 0) is 45.4 Å². The fourth-order valence-electron chi connectivity index (χ4n) is 4.27. The molecule has 0 radical (unpaired) electrons. The largest absolute Gasteiger partial charge is 0.494 e. The molecule has 36 heavy (non-hydrogen) atoms. The van der Waals surface area contributed by atoms with E-state index in [1.165, 1.54) is 25.6 Å². The van der Waals surface area contributed by atoms with Gasteiger partial charge in [0.2, 0.25) is 0 Å². The molecule has 0 bridgehead atoms. The highest BCUT2D eigenvalue weighted by Crippen LogP contribution is 2.47. The lowest BCUT2D eigenvalue weighted by atomic mass is 9.96. The molecule has 192 valence electrons. The minimum Gasteiger partial charge on any atom is -0.494 e. The van der Waals surface area contributed by atoms with Gasteiger partial charge < -0.3 is 25.0 Å². The number of anilines is 2. The summed E-state index contributed by atoms with van der Waals surface area (Å²) in [7, 11) is 1.39. The molecule has 0 atom stereocenters. The Kier molecular flexibility index (Phi) is 6.83. The summed E-state index contributed by atoms with van der Waals surface area (Å²) >= 11 is 6.65. The van der Waals surface area contributed by atoms with Crippen LogP contribution in [0.1, 0.15) is 26.3 Å². The van der Waals surface area contributed by atoms with Crippen molar-refractivity contribution in [3.05, 3.63) is 40.7 Å². The number of methoxy groups -OCH3 is 1. The number of hydrogen-bond donors (Lipinski definition) is 1. The summed E-state index contributed by atoms with van der Waals surface area (Å²) in [6, 6.07) is 2.58. The summed E-state index contributed by atoms with van der Waals surface area (Å²) in [5, 5.41) is 0.150. The Balaban J connectivity index is 1.78. The van der Waals surface area contributed by atoms with Crippen molar-refractivity contribution < 1.29 is 23.0 Å². The first-order chi connectivity index (χ1) is 16.9. The Bertz CT molecular complexity index is 1340. The van der Waals surface area contributed by atoms with Crippen LogP contribution >= 0.6 is 11.6 Å². The molecule has 1 aliphatic heterocycles. The molecule has 1 saturated heterocycles. The highest BCUT2D eigenvalue weighted by atomic mass is 35.5. The van der Waals surface area contributed by atoms with Gasteiger partial charge in [0.1, 0.15) is 29.1 Å². The van der Waals surface area contributed by atoms with E-state index in [4.69, 9.17) is 26.8 Å². The number of piperazine rings is 1. The Labute approximate surface area is 213 Å². The van der Waals surface area contributed by atoms with E-state index in [1.807, 2.05) is 25.7 Å². The molecule has 1 fully saturated rings. The van der Waals surface area contributed by atoms with E-state index in [0.717, 1.165) is 0 Å². The minimum absolute atomic E-state index is 0.0520. The standard InChI is InChI=1S/C25H28ClF2N5O3/c1-13-15(29)7-6-14(27)16(13)17-19(26)22(35-5)18-21(20(17)28)30-12-31-23(18)32-8-10-33(11-9-32)24(34)36-25(2,3)4/h6-7,12H,8-11,29H2,1-5H3. The number of halogens is 3. The van der Waals surface area contributed by atoms with Crippen LogP contribution in [0.5, 0.6) is 5.75 Å². The maximum atomic E-state index is 16.0. The Hall–Kier alpha value is -3.40. The second-order valence-electron chi connectivity index (χ2n) is 9.55. The van der Waals surface area contributed by atoms with Gasteiger partial charge in [-0.1, -0.05) is 11.6 Å². The summed E-state index contributed by atoms with van der Waals surface area (Å²) in [5.74, 6) is -0.955. The van der Waals surface area contributed by atoms with Crippen molar-refractivity contribution in [1.82, 2.24) is 14.9 Å². The SMILES string of the molecule is COc1c(Cl)c(-c2c(F)ccc(N)c2C)c(F)c2ncnc(N3CCN(C(=O)OC(C)(C)C)CC3)c12. The number of fused-ring (bicyclic) bond motifs is 1. The van der Waals surface area contributed by atoms with E-state index in [9.17, 15) is 9.18 Å². The van der Waals surface area contributed by atoms with Crippen LogP contribution in [0.4, 0.5) is 25.1 Å². The van der Waals surface area contributed by atoms with Gasteiger partial charge in [-0.15, -0.1) is 0 Å². The van der Waals surface area contributed by atoms with E-state index >= 15 is 4.39 Å². The van der Waals surface area contributed by atoms with Gasteiger partial charge >= 0.3 is 6.09 Å². The molecular weight excluding hydrogens is 492 g/mol. The van der Waals surface area contributed by atoms with Crippen molar-refractivity contribution in [2.24, 2.45) is 0 Å². The summed E-state index contributed by atoms with van der Waals surface area (Å²) in [6.45, 7) is 8.61. The molecule has 2 heterocycles. The quantitative estimate of drug-likeness (QED) is 0.476. The smallest absolute Gasteiger partial charge is 0.410 e. The first-order valence-electron chi connectivity index (χ1n) is 11.4. The number of nitrogen functional groups attached to an aromatic ring is 1. The molecule has 1 amide bonds. The highest BCUT2D eigenvalue weighted by Gasteiger charge is 2.31. The first-order valence-corrected chi connectivity index (χ1v) is 11.8. The van der Waals surface area contributed by atoms with Crippen LogP contribution in [-0.2, 0) is 4.74 Å². The third-order valence-electron chi connectivity index (χ3n) is 6.04. The second kappa shape index (κ2) is 9.57. The molecule has 0 aliphatic carbocycles. The molecule has 2 N–H and O–H groups in total. The number of carbonyl (C=O) groups excluding carboxylic acids is 1. The van der Waals surface area contributed by atoms with Crippen LogP contribution in [0.25, 0.3) is 22.0 Å². The predicted octanol–water partition coefficient (Wildman–Crippen LogP) is 5.18. The Morgan fingerprint density at radius 1 is 1.11 bits per heavy atom. The fourth-order valence-corrected chi connectivity index (χ4v) is 4.62. The average molecular weight is 520 g/mol. The maximum Gasteiger partial charge on any atom is 0.410 e. The van der Waals surface area contributed by atoms with Crippen LogP contribution in [0.15, 0.2) is 18.5 Å². The number of hydrogen-bond acceptors (Lipinski definition) is 7. The molecule has 0 spiro atoms. The van der Waals surface area contributed by atoms with Gasteiger partial charge in [0.15, 0.2) is 11.6 Å². The number of carbonyl (C=O) groups is 1. The van der Waals surface area contributed by atoms with E-state index < -0.39 is 23.3 Å². The highest BCUT2D eigenvalue weighted by molar-refractivity contribution is 6.36. The molecular formula is C25H28ClF2N5O3. The molecule has 11 heteroatoms. The van der Waals surface area contributed by atoms with E-state index in [0.29, 0.717) is 43.2 Å². The molecule has 1 aliphatic rings. The zero-order valence-corrected chi connectivity index (χ0v) is 21.5. The number of rotatable bonds is 3. The van der Waals surface area contributed by atoms with Crippen LogP contribution in [0, 0.1) is 18.6 Å². The number of ether oxygens (including phenoxy) is 2. The van der Waals surface area contributed by atoms with Crippen molar-refractivity contribution in [2.45, 2.75) is 33.3 Å². The van der Waals surface area contributed by atoms with E-state index in [-0.39, 0.29) is 32.8 Å². The van der Waals surface area contributed by atoms with Crippen molar-refractivity contribution in [3.63, 3.8) is 0 Å². The van der Waals surface area contributed by atoms with Crippen molar-refractivity contribution in [1.29, 1.82) is 0 Å². The molecule has 0 unspecified atom stereocenters. The molecule has 2 aromatic carbocycles. The van der Waals surface area contributed by atoms with Crippen LogP contribution in [-0.4, -0.2) is 59.9 Å². The number of nitrogens with zero attached hydrogens (tertiary/aromatic N) is 4. The molecule has 8 nitrogen and oxygen atoms in total. The zero-order chi connectivity index (χ0) is 26.4. The number of aromatic nitrogens is 2. The van der Waals surface area contributed by atoms with Crippen molar-refractivity contribution in [3.8, 4) is 16.9 Å². The van der Waals surface area contributed by atoms with Crippen LogP contribution < -0.4 is 15.4 Å². The van der Waals surface area contributed by atoms with Crippen LogP contribution in [0.3, 0.4) is 0 Å². The Morgan fingerprint density at radius 2 is 1.78 bits per heavy atom. The van der Waals surface area contributed by atoms with Crippen molar-refractivity contribution in [2.75, 3.05) is 43.9 Å². The fraction of sp³-hybridized carbons (Fsp3) is 0.400. The van der Waals surface area contributed by atoms with E-state index in [2.05, 4.69) is 9.97 Å². The lowest BCUT2D eigenvalue weighted by Crippen LogP contribution is -2.50. The summed E-state index contributed by atoms with van der Waals surface area (Å²) in [6.07, 6.45) is 0.839. The molecule has 1 aromatic heterocycles. The van der Waals surface area contributed by atoms with Gasteiger partial charge in [0.25, 0.3) is 0 Å². The van der Waals surface area contributed by atoms with Gasteiger partial charge in [-0.25, -0.2) is 23.5 Å². The van der Waals surface area contributed by atoms with Gasteiger partial charge in [-0.3, -0.25) is 0 Å². The minimum atomic E-state index is -0.806. The van der Waals surface area contributed by atoms with Gasteiger partial charge in [0.05, 0.1) is 17.5 Å². The first kappa shape index (κ1) is 25.7. The summed E-state index contributed by atoms with van der Waals surface area (Å²) in [5.41, 5.74) is 5.72. The third kappa shape index (κ3) is 4.57. The number of amides is 1. The summed E-state index contributed by atoms with van der Waals surface area (Å²) in [4.78, 5) is 24.5.